The first-order chi connectivity index (χ1) is 15.1. The lowest BCUT2D eigenvalue weighted by Crippen LogP contribution is -2.54. The van der Waals surface area contributed by atoms with Gasteiger partial charge >= 0.3 is 0 Å². The normalized spacial score (nSPS) is 19.3. The van der Waals surface area contributed by atoms with E-state index in [4.69, 9.17) is 9.57 Å². The van der Waals surface area contributed by atoms with Crippen molar-refractivity contribution in [1.29, 1.82) is 0 Å². The Morgan fingerprint density at radius 1 is 1.10 bits per heavy atom. The fraction of sp³-hybridized carbons (Fsp3) is 0.375. The molecule has 0 aliphatic carbocycles. The molecule has 7 nitrogen and oxygen atoms in total. The van der Waals surface area contributed by atoms with Crippen LogP contribution in [-0.4, -0.2) is 60.9 Å². The minimum atomic E-state index is -0.743. The SMILES string of the molecule is Cc1ccc(C2=NOC(C(=O)NC(Cc3ccccc3)C(=O)N3CCOCC3)C2)cc1. The highest BCUT2D eigenvalue weighted by atomic mass is 16.6. The first-order valence-electron chi connectivity index (χ1n) is 10.6. The predicted octanol–water partition coefficient (Wildman–Crippen LogP) is 2.07. The Balaban J connectivity index is 1.42. The van der Waals surface area contributed by atoms with Crippen LogP contribution in [-0.2, 0) is 25.6 Å². The molecule has 2 aromatic rings. The number of benzene rings is 2. The van der Waals surface area contributed by atoms with Crippen molar-refractivity contribution < 1.29 is 19.2 Å². The molecule has 7 heteroatoms. The maximum absolute atomic E-state index is 13.2. The lowest BCUT2D eigenvalue weighted by atomic mass is 10.0. The molecule has 2 aromatic carbocycles. The highest BCUT2D eigenvalue weighted by Gasteiger charge is 2.33. The second-order valence-electron chi connectivity index (χ2n) is 7.89. The number of rotatable bonds is 6. The van der Waals surface area contributed by atoms with Gasteiger partial charge in [0.25, 0.3) is 5.91 Å². The maximum Gasteiger partial charge on any atom is 0.265 e. The highest BCUT2D eigenvalue weighted by Crippen LogP contribution is 2.18. The van der Waals surface area contributed by atoms with E-state index in [-0.39, 0.29) is 11.8 Å². The van der Waals surface area contributed by atoms with Gasteiger partial charge in [-0.15, -0.1) is 0 Å². The number of aryl methyl sites for hydroxylation is 1. The van der Waals surface area contributed by atoms with Crippen LogP contribution in [0.3, 0.4) is 0 Å². The van der Waals surface area contributed by atoms with Crippen LogP contribution in [0.5, 0.6) is 0 Å². The Labute approximate surface area is 182 Å². The number of ether oxygens (including phenoxy) is 1. The Kier molecular flexibility index (Phi) is 6.62. The molecule has 4 rings (SSSR count). The summed E-state index contributed by atoms with van der Waals surface area (Å²) in [5.74, 6) is -0.424. The number of carbonyl (C=O) groups excluding carboxylic acids is 2. The van der Waals surface area contributed by atoms with Crippen LogP contribution in [0.1, 0.15) is 23.1 Å². The van der Waals surface area contributed by atoms with Gasteiger partial charge in [0.05, 0.1) is 18.9 Å². The number of hydrogen-bond acceptors (Lipinski definition) is 5. The van der Waals surface area contributed by atoms with E-state index in [1.807, 2.05) is 61.5 Å². The minimum absolute atomic E-state index is 0.0989. The summed E-state index contributed by atoms with van der Waals surface area (Å²) in [5.41, 5.74) is 3.81. The van der Waals surface area contributed by atoms with E-state index < -0.39 is 12.1 Å². The summed E-state index contributed by atoms with van der Waals surface area (Å²) in [6, 6.07) is 17.0. The molecular formula is C24H27N3O4. The van der Waals surface area contributed by atoms with Crippen molar-refractivity contribution in [3.8, 4) is 0 Å². The standard InChI is InChI=1S/C24H27N3O4/c1-17-7-9-19(10-8-17)20-16-22(31-26-20)23(28)25-21(15-18-5-3-2-4-6-18)24(29)27-11-13-30-14-12-27/h2-10,21-22H,11-16H2,1H3,(H,25,28). The van der Waals surface area contributed by atoms with Crippen molar-refractivity contribution in [3.63, 3.8) is 0 Å². The summed E-state index contributed by atoms with van der Waals surface area (Å²) in [7, 11) is 0. The zero-order chi connectivity index (χ0) is 21.6. The molecular weight excluding hydrogens is 394 g/mol. The van der Waals surface area contributed by atoms with Gasteiger partial charge in [0.2, 0.25) is 12.0 Å². The predicted molar refractivity (Wildman–Crippen MR) is 117 cm³/mol. The third-order valence-corrected chi connectivity index (χ3v) is 5.57. The molecule has 31 heavy (non-hydrogen) atoms. The molecule has 0 aromatic heterocycles. The Morgan fingerprint density at radius 3 is 2.52 bits per heavy atom. The van der Waals surface area contributed by atoms with Gasteiger partial charge in [-0.25, -0.2) is 0 Å². The monoisotopic (exact) mass is 421 g/mol. The van der Waals surface area contributed by atoms with Gasteiger partial charge in [0.1, 0.15) is 6.04 Å². The van der Waals surface area contributed by atoms with E-state index in [9.17, 15) is 9.59 Å². The molecule has 2 aliphatic heterocycles. The van der Waals surface area contributed by atoms with E-state index in [0.29, 0.717) is 39.1 Å². The Morgan fingerprint density at radius 2 is 1.81 bits per heavy atom. The van der Waals surface area contributed by atoms with Crippen molar-refractivity contribution in [3.05, 3.63) is 71.3 Å². The van der Waals surface area contributed by atoms with Gasteiger partial charge < -0.3 is 19.8 Å². The molecule has 2 unspecified atom stereocenters. The van der Waals surface area contributed by atoms with Crippen molar-refractivity contribution in [1.82, 2.24) is 10.2 Å². The van der Waals surface area contributed by atoms with Gasteiger partial charge in [-0.1, -0.05) is 65.3 Å². The lowest BCUT2D eigenvalue weighted by molar-refractivity contribution is -0.142. The Bertz CT molecular complexity index is 937. The molecule has 1 saturated heterocycles. The first kappa shape index (κ1) is 21.1. The zero-order valence-electron chi connectivity index (χ0n) is 17.6. The maximum atomic E-state index is 13.2. The van der Waals surface area contributed by atoms with E-state index >= 15 is 0 Å². The molecule has 2 heterocycles. The first-order valence-corrected chi connectivity index (χ1v) is 10.6. The average molecular weight is 421 g/mol. The van der Waals surface area contributed by atoms with Crippen molar-refractivity contribution >= 4 is 17.5 Å². The molecule has 2 atom stereocenters. The zero-order valence-corrected chi connectivity index (χ0v) is 17.6. The fourth-order valence-corrected chi connectivity index (χ4v) is 3.75. The van der Waals surface area contributed by atoms with Gasteiger partial charge in [0, 0.05) is 25.9 Å². The van der Waals surface area contributed by atoms with Crippen molar-refractivity contribution in [2.24, 2.45) is 5.16 Å². The average Bonchev–Trinajstić information content (AvgIpc) is 3.30. The van der Waals surface area contributed by atoms with Crippen LogP contribution >= 0.6 is 0 Å². The lowest BCUT2D eigenvalue weighted by Gasteiger charge is -2.31. The third kappa shape index (κ3) is 5.30. The van der Waals surface area contributed by atoms with Crippen LogP contribution < -0.4 is 5.32 Å². The van der Waals surface area contributed by atoms with E-state index in [1.165, 1.54) is 0 Å². The summed E-state index contributed by atoms with van der Waals surface area (Å²) in [6.45, 7) is 4.10. The quantitative estimate of drug-likeness (QED) is 0.775. The smallest absolute Gasteiger partial charge is 0.265 e. The van der Waals surface area contributed by atoms with Gasteiger partial charge in [-0.05, 0) is 18.1 Å². The number of amides is 2. The number of nitrogens with zero attached hydrogens (tertiary/aromatic N) is 2. The molecule has 2 amide bonds. The van der Waals surface area contributed by atoms with Crippen LogP contribution in [0.15, 0.2) is 59.8 Å². The number of hydrogen-bond donors (Lipinski definition) is 1. The number of morpholine rings is 1. The van der Waals surface area contributed by atoms with Crippen LogP contribution in [0.2, 0.25) is 0 Å². The summed E-state index contributed by atoms with van der Waals surface area (Å²) in [5, 5.41) is 7.02. The molecule has 0 radical (unpaired) electrons. The summed E-state index contributed by atoms with van der Waals surface area (Å²) in [6.07, 6.45) is 0.0481. The highest BCUT2D eigenvalue weighted by molar-refractivity contribution is 6.04. The molecule has 0 spiro atoms. The summed E-state index contributed by atoms with van der Waals surface area (Å²) >= 11 is 0. The van der Waals surface area contributed by atoms with E-state index in [1.54, 1.807) is 4.90 Å². The largest absolute Gasteiger partial charge is 0.382 e. The van der Waals surface area contributed by atoms with Crippen LogP contribution in [0.4, 0.5) is 0 Å². The number of carbonyl (C=O) groups is 2. The van der Waals surface area contributed by atoms with Crippen molar-refractivity contribution in [2.45, 2.75) is 31.9 Å². The molecule has 1 N–H and O–H groups in total. The second kappa shape index (κ2) is 9.75. The molecule has 2 aliphatic rings. The summed E-state index contributed by atoms with van der Waals surface area (Å²) < 4.78 is 5.36. The van der Waals surface area contributed by atoms with Crippen LogP contribution in [0.25, 0.3) is 0 Å². The molecule has 162 valence electrons. The second-order valence-corrected chi connectivity index (χ2v) is 7.89. The topological polar surface area (TPSA) is 80.2 Å². The Hall–Kier alpha value is -3.19. The van der Waals surface area contributed by atoms with Gasteiger partial charge in [-0.2, -0.15) is 0 Å². The van der Waals surface area contributed by atoms with Gasteiger partial charge in [-0.3, -0.25) is 9.59 Å². The van der Waals surface area contributed by atoms with Crippen LogP contribution in [0, 0.1) is 6.92 Å². The molecule has 1 fully saturated rings. The van der Waals surface area contributed by atoms with Crippen molar-refractivity contribution in [2.75, 3.05) is 26.3 Å². The summed E-state index contributed by atoms with van der Waals surface area (Å²) in [4.78, 5) is 33.3. The fourth-order valence-electron chi connectivity index (χ4n) is 3.75. The molecule has 0 saturated carbocycles. The minimum Gasteiger partial charge on any atom is -0.382 e. The number of oxime groups is 1. The van der Waals surface area contributed by atoms with E-state index in [0.717, 1.165) is 22.4 Å². The van der Waals surface area contributed by atoms with Gasteiger partial charge in [0.15, 0.2) is 0 Å². The molecule has 0 bridgehead atoms. The number of nitrogens with one attached hydrogen (secondary N) is 1. The third-order valence-electron chi connectivity index (χ3n) is 5.57. The van der Waals surface area contributed by atoms with E-state index in [2.05, 4.69) is 10.5 Å².